The van der Waals surface area contributed by atoms with Crippen LogP contribution in [-0.4, -0.2) is 60.1 Å². The molecule has 1 aromatic carbocycles. The molecule has 4 rings (SSSR count). The summed E-state index contributed by atoms with van der Waals surface area (Å²) in [4.78, 5) is 21.7. The van der Waals surface area contributed by atoms with Gasteiger partial charge in [-0.25, -0.2) is 0 Å². The van der Waals surface area contributed by atoms with Gasteiger partial charge in [-0.05, 0) is 43.0 Å². The van der Waals surface area contributed by atoms with Crippen LogP contribution in [0.4, 0.5) is 0 Å². The number of pyridine rings is 1. The Bertz CT molecular complexity index is 801. The zero-order chi connectivity index (χ0) is 19.4. The van der Waals surface area contributed by atoms with E-state index in [1.54, 1.807) is 0 Å². The van der Waals surface area contributed by atoms with Crippen molar-refractivity contribution in [3.05, 3.63) is 65.5 Å². The number of likely N-dealkylation sites (tertiary alicyclic amines) is 1. The monoisotopic (exact) mass is 379 g/mol. The third kappa shape index (κ3) is 4.26. The number of aryl methyl sites for hydroxylation is 1. The fourth-order valence-electron chi connectivity index (χ4n) is 4.44. The van der Waals surface area contributed by atoms with Gasteiger partial charge in [-0.3, -0.25) is 14.7 Å². The minimum absolute atomic E-state index is 0.140. The van der Waals surface area contributed by atoms with E-state index in [0.717, 1.165) is 69.9 Å². The first kappa shape index (κ1) is 19.1. The number of piperidine rings is 1. The van der Waals surface area contributed by atoms with Crippen molar-refractivity contribution in [1.29, 1.82) is 0 Å². The zero-order valence-corrected chi connectivity index (χ0v) is 16.6. The number of carbonyl (C=O) groups excluding carboxylic acids is 1. The Kier molecular flexibility index (Phi) is 5.74. The number of hydrogen-bond donors (Lipinski definition) is 0. The van der Waals surface area contributed by atoms with Crippen LogP contribution in [0.1, 0.15) is 34.3 Å². The van der Waals surface area contributed by atoms with Crippen molar-refractivity contribution in [2.75, 3.05) is 39.4 Å². The molecule has 5 nitrogen and oxygen atoms in total. The SMILES string of the molecule is Cc1ccccc1C(=O)N1CCC2(CC1)COCCN(Cc1cccnc1)C2. The predicted octanol–water partition coefficient (Wildman–Crippen LogP) is 3.14. The van der Waals surface area contributed by atoms with E-state index in [1.807, 2.05) is 54.5 Å². The highest BCUT2D eigenvalue weighted by molar-refractivity contribution is 5.95. The topological polar surface area (TPSA) is 45.7 Å². The average Bonchev–Trinajstić information content (AvgIpc) is 2.91. The largest absolute Gasteiger partial charge is 0.379 e. The second-order valence-electron chi connectivity index (χ2n) is 8.23. The van der Waals surface area contributed by atoms with Gasteiger partial charge < -0.3 is 9.64 Å². The minimum atomic E-state index is 0.140. The summed E-state index contributed by atoms with van der Waals surface area (Å²) in [6, 6.07) is 12.0. The van der Waals surface area contributed by atoms with Gasteiger partial charge in [0.25, 0.3) is 5.91 Å². The van der Waals surface area contributed by atoms with Crippen molar-refractivity contribution in [2.24, 2.45) is 5.41 Å². The highest BCUT2D eigenvalue weighted by Gasteiger charge is 2.39. The molecule has 0 aliphatic carbocycles. The molecule has 0 unspecified atom stereocenters. The molecule has 2 aliphatic rings. The number of rotatable bonds is 3. The lowest BCUT2D eigenvalue weighted by Crippen LogP contribution is -2.48. The fourth-order valence-corrected chi connectivity index (χ4v) is 4.44. The molecule has 0 bridgehead atoms. The smallest absolute Gasteiger partial charge is 0.254 e. The van der Waals surface area contributed by atoms with Gasteiger partial charge in [0.1, 0.15) is 0 Å². The molecule has 0 saturated carbocycles. The molecule has 2 saturated heterocycles. The van der Waals surface area contributed by atoms with Gasteiger partial charge in [0.15, 0.2) is 0 Å². The van der Waals surface area contributed by atoms with E-state index in [2.05, 4.69) is 16.0 Å². The number of ether oxygens (including phenoxy) is 1. The van der Waals surface area contributed by atoms with Crippen LogP contribution in [0, 0.1) is 12.3 Å². The lowest BCUT2D eigenvalue weighted by atomic mass is 9.78. The van der Waals surface area contributed by atoms with Crippen LogP contribution >= 0.6 is 0 Å². The van der Waals surface area contributed by atoms with Crippen molar-refractivity contribution in [2.45, 2.75) is 26.3 Å². The highest BCUT2D eigenvalue weighted by Crippen LogP contribution is 2.35. The third-order valence-electron chi connectivity index (χ3n) is 6.13. The molecule has 0 N–H and O–H groups in total. The fraction of sp³-hybridized carbons (Fsp3) is 0.478. The summed E-state index contributed by atoms with van der Waals surface area (Å²) < 4.78 is 5.99. The van der Waals surface area contributed by atoms with Crippen molar-refractivity contribution in [3.63, 3.8) is 0 Å². The Morgan fingerprint density at radius 2 is 1.96 bits per heavy atom. The Labute approximate surface area is 167 Å². The molecule has 2 aliphatic heterocycles. The van der Waals surface area contributed by atoms with Gasteiger partial charge in [-0.15, -0.1) is 0 Å². The van der Waals surface area contributed by atoms with Crippen LogP contribution in [0.5, 0.6) is 0 Å². The van der Waals surface area contributed by atoms with Gasteiger partial charge in [0, 0.05) is 56.1 Å². The zero-order valence-electron chi connectivity index (χ0n) is 16.6. The third-order valence-corrected chi connectivity index (χ3v) is 6.13. The van der Waals surface area contributed by atoms with Gasteiger partial charge >= 0.3 is 0 Å². The van der Waals surface area contributed by atoms with Crippen LogP contribution in [0.2, 0.25) is 0 Å². The number of aromatic nitrogens is 1. The average molecular weight is 380 g/mol. The first-order valence-corrected chi connectivity index (χ1v) is 10.2. The lowest BCUT2D eigenvalue weighted by molar-refractivity contribution is 0.0145. The lowest BCUT2D eigenvalue weighted by Gasteiger charge is -2.42. The standard InChI is InChI=1S/C23H29N3O2/c1-19-5-2-3-7-21(19)22(27)26-11-8-23(9-12-26)17-25(13-14-28-18-23)16-20-6-4-10-24-15-20/h2-7,10,15H,8-9,11-14,16-18H2,1H3. The van der Waals surface area contributed by atoms with Crippen molar-refractivity contribution in [3.8, 4) is 0 Å². The molecule has 0 radical (unpaired) electrons. The molecule has 1 aromatic heterocycles. The Balaban J connectivity index is 1.40. The summed E-state index contributed by atoms with van der Waals surface area (Å²) in [5.74, 6) is 0.162. The molecule has 0 atom stereocenters. The van der Waals surface area contributed by atoms with E-state index in [1.165, 1.54) is 5.56 Å². The number of amides is 1. The van der Waals surface area contributed by atoms with Crippen molar-refractivity contribution >= 4 is 5.91 Å². The number of benzene rings is 1. The normalized spacial score (nSPS) is 20.1. The molecule has 148 valence electrons. The summed E-state index contributed by atoms with van der Waals surface area (Å²) in [6.07, 6.45) is 5.75. The Morgan fingerprint density at radius 3 is 2.71 bits per heavy atom. The predicted molar refractivity (Wildman–Crippen MR) is 109 cm³/mol. The van der Waals surface area contributed by atoms with Crippen LogP contribution in [0.15, 0.2) is 48.8 Å². The molecule has 2 aromatic rings. The summed E-state index contributed by atoms with van der Waals surface area (Å²) in [6.45, 7) is 8.06. The van der Waals surface area contributed by atoms with Crippen LogP contribution in [-0.2, 0) is 11.3 Å². The van der Waals surface area contributed by atoms with Crippen LogP contribution in [0.25, 0.3) is 0 Å². The second-order valence-corrected chi connectivity index (χ2v) is 8.23. The summed E-state index contributed by atoms with van der Waals surface area (Å²) in [5, 5.41) is 0. The van der Waals surface area contributed by atoms with Crippen molar-refractivity contribution < 1.29 is 9.53 Å². The van der Waals surface area contributed by atoms with Gasteiger partial charge in [-0.2, -0.15) is 0 Å². The number of hydrogen-bond acceptors (Lipinski definition) is 4. The molecule has 1 spiro atoms. The molecular formula is C23H29N3O2. The number of nitrogens with zero attached hydrogens (tertiary/aromatic N) is 3. The van der Waals surface area contributed by atoms with E-state index >= 15 is 0 Å². The summed E-state index contributed by atoms with van der Waals surface area (Å²) >= 11 is 0. The van der Waals surface area contributed by atoms with Crippen molar-refractivity contribution in [1.82, 2.24) is 14.8 Å². The second kappa shape index (κ2) is 8.41. The van der Waals surface area contributed by atoms with Gasteiger partial charge in [-0.1, -0.05) is 24.3 Å². The first-order chi connectivity index (χ1) is 13.7. The van der Waals surface area contributed by atoms with E-state index < -0.39 is 0 Å². The maximum atomic E-state index is 12.9. The molecule has 1 amide bonds. The van der Waals surface area contributed by atoms with E-state index in [0.29, 0.717) is 0 Å². The maximum absolute atomic E-state index is 12.9. The summed E-state index contributed by atoms with van der Waals surface area (Å²) in [5.41, 5.74) is 3.26. The van der Waals surface area contributed by atoms with Crippen LogP contribution in [0.3, 0.4) is 0 Å². The highest BCUT2D eigenvalue weighted by atomic mass is 16.5. The molecule has 2 fully saturated rings. The minimum Gasteiger partial charge on any atom is -0.379 e. The Morgan fingerprint density at radius 1 is 1.14 bits per heavy atom. The van der Waals surface area contributed by atoms with E-state index in [9.17, 15) is 4.79 Å². The molecule has 5 heteroatoms. The number of carbonyl (C=O) groups is 1. The summed E-state index contributed by atoms with van der Waals surface area (Å²) in [7, 11) is 0. The first-order valence-electron chi connectivity index (χ1n) is 10.2. The van der Waals surface area contributed by atoms with Crippen LogP contribution < -0.4 is 0 Å². The van der Waals surface area contributed by atoms with E-state index in [-0.39, 0.29) is 11.3 Å². The van der Waals surface area contributed by atoms with Gasteiger partial charge in [0.2, 0.25) is 0 Å². The van der Waals surface area contributed by atoms with Gasteiger partial charge in [0.05, 0.1) is 13.2 Å². The Hall–Kier alpha value is -2.24. The maximum Gasteiger partial charge on any atom is 0.254 e. The molecule has 3 heterocycles. The molecule has 28 heavy (non-hydrogen) atoms. The van der Waals surface area contributed by atoms with E-state index in [4.69, 9.17) is 4.74 Å². The quantitative estimate of drug-likeness (QED) is 0.822. The molecular weight excluding hydrogens is 350 g/mol.